The van der Waals surface area contributed by atoms with Crippen LogP contribution in [0.15, 0.2) is 60.8 Å². The molecule has 2 N–H and O–H groups in total. The van der Waals surface area contributed by atoms with Crippen molar-refractivity contribution in [2.24, 2.45) is 0 Å². The zero-order valence-corrected chi connectivity index (χ0v) is 15.5. The maximum atomic E-state index is 12.3. The first kappa shape index (κ1) is 17.8. The summed E-state index contributed by atoms with van der Waals surface area (Å²) in [7, 11) is 0. The highest BCUT2D eigenvalue weighted by molar-refractivity contribution is 5.90. The topological polar surface area (TPSA) is 46.1 Å². The monoisotopic (exact) mass is 347 g/mol. The first-order chi connectivity index (χ1) is 12.5. The van der Waals surface area contributed by atoms with Gasteiger partial charge in [0.05, 0.1) is 6.54 Å². The first-order valence-corrected chi connectivity index (χ1v) is 8.83. The fraction of sp³-hybridized carbons (Fsp3) is 0.227. The number of carbonyl (C=O) groups excluding carboxylic acids is 1. The molecule has 4 heteroatoms. The molecule has 0 radical (unpaired) electrons. The molecule has 0 aliphatic carbocycles. The Morgan fingerprint density at radius 3 is 2.58 bits per heavy atom. The first-order valence-electron chi connectivity index (χ1n) is 8.83. The van der Waals surface area contributed by atoms with Crippen molar-refractivity contribution in [3.63, 3.8) is 0 Å². The second-order valence-electron chi connectivity index (χ2n) is 6.68. The van der Waals surface area contributed by atoms with Gasteiger partial charge in [0.2, 0.25) is 0 Å². The molecule has 4 nitrogen and oxygen atoms in total. The van der Waals surface area contributed by atoms with Gasteiger partial charge < -0.3 is 15.2 Å². The number of anilines is 1. The van der Waals surface area contributed by atoms with Gasteiger partial charge in [0.1, 0.15) is 0 Å². The Bertz CT molecular complexity index is 911. The number of aromatic nitrogens is 1. The van der Waals surface area contributed by atoms with Crippen LogP contribution in [0, 0.1) is 20.8 Å². The van der Waals surface area contributed by atoms with E-state index in [2.05, 4.69) is 46.4 Å². The fourth-order valence-corrected chi connectivity index (χ4v) is 2.94. The maximum absolute atomic E-state index is 12.3. The smallest absolute Gasteiger partial charge is 0.319 e. The molecular weight excluding hydrogens is 322 g/mol. The van der Waals surface area contributed by atoms with E-state index in [0.29, 0.717) is 6.54 Å². The lowest BCUT2D eigenvalue weighted by Gasteiger charge is -2.13. The van der Waals surface area contributed by atoms with Gasteiger partial charge in [-0.15, -0.1) is 0 Å². The van der Waals surface area contributed by atoms with Gasteiger partial charge in [-0.25, -0.2) is 4.79 Å². The Balaban J connectivity index is 1.62. The van der Waals surface area contributed by atoms with Crippen molar-refractivity contribution < 1.29 is 4.79 Å². The predicted octanol–water partition coefficient (Wildman–Crippen LogP) is 4.78. The summed E-state index contributed by atoms with van der Waals surface area (Å²) in [5.74, 6) is 0. The zero-order valence-electron chi connectivity index (χ0n) is 15.5. The molecule has 0 aliphatic rings. The van der Waals surface area contributed by atoms with E-state index in [1.165, 1.54) is 11.1 Å². The number of nitrogens with zero attached hydrogens (tertiary/aromatic N) is 1. The molecule has 26 heavy (non-hydrogen) atoms. The summed E-state index contributed by atoms with van der Waals surface area (Å²) < 4.78 is 2.17. The van der Waals surface area contributed by atoms with E-state index >= 15 is 0 Å². The normalized spacial score (nSPS) is 10.6. The third-order valence-electron chi connectivity index (χ3n) is 4.60. The van der Waals surface area contributed by atoms with E-state index in [-0.39, 0.29) is 6.03 Å². The Morgan fingerprint density at radius 1 is 0.962 bits per heavy atom. The minimum atomic E-state index is -0.192. The second kappa shape index (κ2) is 7.91. The van der Waals surface area contributed by atoms with Gasteiger partial charge in [0, 0.05) is 24.1 Å². The van der Waals surface area contributed by atoms with Gasteiger partial charge in [-0.1, -0.05) is 36.4 Å². The van der Waals surface area contributed by atoms with Crippen LogP contribution in [0.5, 0.6) is 0 Å². The largest absolute Gasteiger partial charge is 0.345 e. The summed E-state index contributed by atoms with van der Waals surface area (Å²) in [4.78, 5) is 12.3. The molecule has 2 aromatic carbocycles. The molecule has 0 spiro atoms. The maximum Gasteiger partial charge on any atom is 0.319 e. The van der Waals surface area contributed by atoms with Crippen LogP contribution in [0.3, 0.4) is 0 Å². The van der Waals surface area contributed by atoms with Crippen molar-refractivity contribution in [3.8, 4) is 0 Å². The Kier molecular flexibility index (Phi) is 5.42. The molecule has 2 amide bonds. The molecule has 1 aromatic heterocycles. The van der Waals surface area contributed by atoms with Crippen molar-refractivity contribution in [3.05, 3.63) is 88.7 Å². The summed E-state index contributed by atoms with van der Waals surface area (Å²) >= 11 is 0. The third-order valence-corrected chi connectivity index (χ3v) is 4.60. The van der Waals surface area contributed by atoms with Crippen LogP contribution in [-0.2, 0) is 13.1 Å². The van der Waals surface area contributed by atoms with Gasteiger partial charge in [0.25, 0.3) is 0 Å². The summed E-state index contributed by atoms with van der Waals surface area (Å²) in [5, 5.41) is 5.88. The van der Waals surface area contributed by atoms with E-state index in [1.807, 2.05) is 50.4 Å². The van der Waals surface area contributed by atoms with Crippen LogP contribution in [0.1, 0.15) is 27.9 Å². The molecule has 0 bridgehead atoms. The van der Waals surface area contributed by atoms with Crippen LogP contribution in [0.4, 0.5) is 10.5 Å². The molecule has 0 atom stereocenters. The fourth-order valence-electron chi connectivity index (χ4n) is 2.94. The molecular formula is C22H25N3O. The van der Waals surface area contributed by atoms with E-state index in [1.54, 1.807) is 0 Å². The average molecular weight is 347 g/mol. The minimum absolute atomic E-state index is 0.192. The molecule has 0 saturated carbocycles. The van der Waals surface area contributed by atoms with E-state index in [4.69, 9.17) is 0 Å². The second-order valence-corrected chi connectivity index (χ2v) is 6.68. The lowest BCUT2D eigenvalue weighted by Crippen LogP contribution is -2.29. The molecule has 3 aromatic rings. The Morgan fingerprint density at radius 2 is 1.77 bits per heavy atom. The highest BCUT2D eigenvalue weighted by atomic mass is 16.2. The third kappa shape index (κ3) is 4.33. The van der Waals surface area contributed by atoms with Gasteiger partial charge in [0.15, 0.2) is 0 Å². The molecule has 1 heterocycles. The van der Waals surface area contributed by atoms with Gasteiger partial charge in [-0.2, -0.15) is 0 Å². The number of urea groups is 1. The van der Waals surface area contributed by atoms with Crippen molar-refractivity contribution >= 4 is 11.7 Å². The van der Waals surface area contributed by atoms with Crippen LogP contribution in [0.25, 0.3) is 0 Å². The summed E-state index contributed by atoms with van der Waals surface area (Å²) in [5.41, 5.74) is 6.64. The zero-order chi connectivity index (χ0) is 18.5. The highest BCUT2D eigenvalue weighted by Crippen LogP contribution is 2.16. The predicted molar refractivity (Wildman–Crippen MR) is 106 cm³/mol. The summed E-state index contributed by atoms with van der Waals surface area (Å²) in [6, 6.07) is 18.3. The number of benzene rings is 2. The Labute approximate surface area is 154 Å². The molecule has 134 valence electrons. The van der Waals surface area contributed by atoms with Gasteiger partial charge >= 0.3 is 6.03 Å². The van der Waals surface area contributed by atoms with E-state index < -0.39 is 0 Å². The number of rotatable bonds is 5. The average Bonchev–Trinajstić information content (AvgIpc) is 3.05. The number of nitrogens with one attached hydrogen (secondary N) is 2. The molecule has 3 rings (SSSR count). The van der Waals surface area contributed by atoms with Crippen LogP contribution < -0.4 is 10.6 Å². The van der Waals surface area contributed by atoms with Gasteiger partial charge in [-0.05, 0) is 61.2 Å². The van der Waals surface area contributed by atoms with Crippen molar-refractivity contribution in [2.75, 3.05) is 5.32 Å². The lowest BCUT2D eigenvalue weighted by molar-refractivity contribution is 0.251. The van der Waals surface area contributed by atoms with Crippen LogP contribution in [0.2, 0.25) is 0 Å². The van der Waals surface area contributed by atoms with E-state index in [9.17, 15) is 4.79 Å². The number of hydrogen-bond donors (Lipinski definition) is 2. The lowest BCUT2D eigenvalue weighted by atomic mass is 10.1. The van der Waals surface area contributed by atoms with Crippen molar-refractivity contribution in [1.82, 2.24) is 9.88 Å². The molecule has 0 saturated heterocycles. The molecule has 0 fully saturated rings. The number of carbonyl (C=O) groups is 1. The quantitative estimate of drug-likeness (QED) is 0.685. The molecule has 0 unspecified atom stereocenters. The van der Waals surface area contributed by atoms with Crippen molar-refractivity contribution in [2.45, 2.75) is 33.9 Å². The SMILES string of the molecule is Cc1ccc(C)c(NC(=O)NCc2cccn2Cc2ccccc2C)c1. The standard InChI is InChI=1S/C22H25N3O/c1-16-10-11-18(3)21(13-16)24-22(26)23-14-20-9-6-12-25(20)15-19-8-5-4-7-17(19)2/h4-13H,14-15H2,1-3H3,(H2,23,24,26). The van der Waals surface area contributed by atoms with Crippen LogP contribution >= 0.6 is 0 Å². The van der Waals surface area contributed by atoms with E-state index in [0.717, 1.165) is 29.1 Å². The van der Waals surface area contributed by atoms with Crippen molar-refractivity contribution in [1.29, 1.82) is 0 Å². The summed E-state index contributed by atoms with van der Waals surface area (Å²) in [6.45, 7) is 7.41. The number of hydrogen-bond acceptors (Lipinski definition) is 1. The minimum Gasteiger partial charge on any atom is -0.345 e. The summed E-state index contributed by atoms with van der Waals surface area (Å²) in [6.07, 6.45) is 2.05. The highest BCUT2D eigenvalue weighted by Gasteiger charge is 2.07. The number of aryl methyl sites for hydroxylation is 3. The number of amides is 2. The van der Waals surface area contributed by atoms with Gasteiger partial charge in [-0.3, -0.25) is 0 Å². The van der Waals surface area contributed by atoms with Crippen LogP contribution in [-0.4, -0.2) is 10.6 Å². The Hall–Kier alpha value is -3.01. The molecule has 0 aliphatic heterocycles.